The summed E-state index contributed by atoms with van der Waals surface area (Å²) in [7, 11) is 0. The van der Waals surface area contributed by atoms with Crippen molar-refractivity contribution in [3.63, 3.8) is 0 Å². The molecule has 106 valence electrons. The van der Waals surface area contributed by atoms with Gasteiger partial charge >= 0.3 is 0 Å². The Kier molecular flexibility index (Phi) is 5.16. The van der Waals surface area contributed by atoms with E-state index in [0.29, 0.717) is 12.1 Å². The first-order valence-electron chi connectivity index (χ1n) is 7.14. The van der Waals surface area contributed by atoms with Crippen LogP contribution >= 0.6 is 0 Å². The number of hydrogen-bond donors (Lipinski definition) is 1. The molecule has 2 rings (SSSR count). The van der Waals surface area contributed by atoms with Crippen LogP contribution < -0.4 is 10.1 Å². The van der Waals surface area contributed by atoms with Gasteiger partial charge in [-0.2, -0.15) is 0 Å². The highest BCUT2D eigenvalue weighted by molar-refractivity contribution is 5.25. The molecule has 4 heteroatoms. The fraction of sp³-hybridized carbons (Fsp3) is 0.667. The fourth-order valence-corrected chi connectivity index (χ4v) is 2.25. The summed E-state index contributed by atoms with van der Waals surface area (Å²) in [6, 6.07) is 4.58. The minimum absolute atomic E-state index is 0.152. The van der Waals surface area contributed by atoms with Crippen molar-refractivity contribution in [2.45, 2.75) is 58.4 Å². The summed E-state index contributed by atoms with van der Waals surface area (Å²) in [6.07, 6.45) is 4.58. The summed E-state index contributed by atoms with van der Waals surface area (Å²) in [5, 5.41) is 3.54. The second kappa shape index (κ2) is 6.87. The van der Waals surface area contributed by atoms with E-state index in [1.54, 1.807) is 6.20 Å². The quantitative estimate of drug-likeness (QED) is 0.822. The van der Waals surface area contributed by atoms with Gasteiger partial charge in [-0.3, -0.25) is 0 Å². The summed E-state index contributed by atoms with van der Waals surface area (Å²) in [6.45, 7) is 7.70. The first-order valence-corrected chi connectivity index (χ1v) is 7.14. The van der Waals surface area contributed by atoms with Crippen LogP contribution in [0.4, 0.5) is 0 Å². The van der Waals surface area contributed by atoms with Crippen LogP contribution in [0.25, 0.3) is 0 Å². The van der Waals surface area contributed by atoms with Crippen LogP contribution in [0, 0.1) is 0 Å². The van der Waals surface area contributed by atoms with E-state index in [1.165, 1.54) is 0 Å². The van der Waals surface area contributed by atoms with Gasteiger partial charge in [0.15, 0.2) is 0 Å². The van der Waals surface area contributed by atoms with Crippen LogP contribution in [-0.4, -0.2) is 29.8 Å². The van der Waals surface area contributed by atoms with Gasteiger partial charge in [0.05, 0.1) is 12.2 Å². The number of rotatable bonds is 7. The largest absolute Gasteiger partial charge is 0.475 e. The maximum atomic E-state index is 5.71. The van der Waals surface area contributed by atoms with Gasteiger partial charge in [0.2, 0.25) is 5.88 Å². The van der Waals surface area contributed by atoms with E-state index >= 15 is 0 Å². The standard InChI is InChI=1S/C15H24N2O2/c1-4-18-14-8-13(9-14)17-10-12-6-5-7-16-15(12)19-11(2)3/h5-7,11,13-14,17H,4,8-10H2,1-3H3. The SMILES string of the molecule is CCOC1CC(NCc2cccnc2OC(C)C)C1. The highest BCUT2D eigenvalue weighted by atomic mass is 16.5. The molecule has 0 aliphatic heterocycles. The number of nitrogens with one attached hydrogen (secondary N) is 1. The predicted octanol–water partition coefficient (Wildman–Crippen LogP) is 2.53. The smallest absolute Gasteiger partial charge is 0.218 e. The zero-order valence-electron chi connectivity index (χ0n) is 12.1. The molecule has 0 saturated heterocycles. The van der Waals surface area contributed by atoms with Crippen molar-refractivity contribution in [2.24, 2.45) is 0 Å². The Morgan fingerprint density at radius 1 is 1.42 bits per heavy atom. The molecule has 0 aromatic carbocycles. The maximum absolute atomic E-state index is 5.71. The number of hydrogen-bond acceptors (Lipinski definition) is 4. The Balaban J connectivity index is 1.80. The fourth-order valence-electron chi connectivity index (χ4n) is 2.25. The molecular formula is C15H24N2O2. The van der Waals surface area contributed by atoms with Crippen LogP contribution in [-0.2, 0) is 11.3 Å². The molecule has 1 aliphatic carbocycles. The predicted molar refractivity (Wildman–Crippen MR) is 75.3 cm³/mol. The first kappa shape index (κ1) is 14.3. The molecule has 1 aromatic heterocycles. The monoisotopic (exact) mass is 264 g/mol. The van der Waals surface area contributed by atoms with E-state index in [2.05, 4.69) is 16.4 Å². The van der Waals surface area contributed by atoms with Gasteiger partial charge in [0.1, 0.15) is 0 Å². The molecule has 1 fully saturated rings. The second-order valence-corrected chi connectivity index (χ2v) is 5.26. The van der Waals surface area contributed by atoms with Gasteiger partial charge in [-0.25, -0.2) is 4.98 Å². The highest BCUT2D eigenvalue weighted by Crippen LogP contribution is 2.24. The Bertz CT molecular complexity index is 389. The molecule has 1 N–H and O–H groups in total. The minimum atomic E-state index is 0.152. The van der Waals surface area contributed by atoms with Gasteiger partial charge in [-0.1, -0.05) is 6.07 Å². The van der Waals surface area contributed by atoms with Gasteiger partial charge in [0, 0.05) is 31.0 Å². The molecule has 0 amide bonds. The third-order valence-electron chi connectivity index (χ3n) is 3.28. The first-order chi connectivity index (χ1) is 9.19. The van der Waals surface area contributed by atoms with Gasteiger partial charge in [-0.15, -0.1) is 0 Å². The lowest BCUT2D eigenvalue weighted by Crippen LogP contribution is -2.45. The van der Waals surface area contributed by atoms with E-state index in [9.17, 15) is 0 Å². The molecule has 0 spiro atoms. The number of nitrogens with zero attached hydrogens (tertiary/aromatic N) is 1. The van der Waals surface area contributed by atoms with Gasteiger partial charge < -0.3 is 14.8 Å². The van der Waals surface area contributed by atoms with E-state index in [1.807, 2.05) is 26.8 Å². The topological polar surface area (TPSA) is 43.4 Å². The highest BCUT2D eigenvalue weighted by Gasteiger charge is 2.29. The molecular weight excluding hydrogens is 240 g/mol. The lowest BCUT2D eigenvalue weighted by molar-refractivity contribution is -0.0102. The number of ether oxygens (including phenoxy) is 2. The van der Waals surface area contributed by atoms with Crippen molar-refractivity contribution < 1.29 is 9.47 Å². The lowest BCUT2D eigenvalue weighted by atomic mass is 9.89. The molecule has 1 saturated carbocycles. The third kappa shape index (κ3) is 4.18. The van der Waals surface area contributed by atoms with Crippen LogP contribution in [0.15, 0.2) is 18.3 Å². The average molecular weight is 264 g/mol. The second-order valence-electron chi connectivity index (χ2n) is 5.26. The average Bonchev–Trinajstić information content (AvgIpc) is 2.33. The van der Waals surface area contributed by atoms with Gasteiger partial charge in [-0.05, 0) is 39.7 Å². The van der Waals surface area contributed by atoms with Crippen molar-refractivity contribution in [3.05, 3.63) is 23.9 Å². The van der Waals surface area contributed by atoms with Crippen molar-refractivity contribution in [2.75, 3.05) is 6.61 Å². The molecule has 0 bridgehead atoms. The van der Waals surface area contributed by atoms with Crippen LogP contribution in [0.1, 0.15) is 39.2 Å². The Labute approximate surface area is 115 Å². The van der Waals surface area contributed by atoms with E-state index in [-0.39, 0.29) is 6.10 Å². The van der Waals surface area contributed by atoms with E-state index < -0.39 is 0 Å². The molecule has 0 atom stereocenters. The van der Waals surface area contributed by atoms with Crippen molar-refractivity contribution >= 4 is 0 Å². The lowest BCUT2D eigenvalue weighted by Gasteiger charge is -2.35. The Morgan fingerprint density at radius 3 is 2.89 bits per heavy atom. The maximum Gasteiger partial charge on any atom is 0.218 e. The molecule has 1 aliphatic rings. The van der Waals surface area contributed by atoms with Crippen LogP contribution in [0.2, 0.25) is 0 Å². The Morgan fingerprint density at radius 2 is 2.21 bits per heavy atom. The van der Waals surface area contributed by atoms with Crippen LogP contribution in [0.3, 0.4) is 0 Å². The summed E-state index contributed by atoms with van der Waals surface area (Å²) in [5.74, 6) is 0.741. The van der Waals surface area contributed by atoms with Gasteiger partial charge in [0.25, 0.3) is 0 Å². The van der Waals surface area contributed by atoms with Crippen LogP contribution in [0.5, 0.6) is 5.88 Å². The molecule has 0 unspecified atom stereocenters. The third-order valence-corrected chi connectivity index (χ3v) is 3.28. The van der Waals surface area contributed by atoms with Crippen molar-refractivity contribution in [1.29, 1.82) is 0 Å². The summed E-state index contributed by atoms with van der Waals surface area (Å²) < 4.78 is 11.3. The minimum Gasteiger partial charge on any atom is -0.475 e. The molecule has 19 heavy (non-hydrogen) atoms. The number of aromatic nitrogens is 1. The molecule has 1 heterocycles. The van der Waals surface area contributed by atoms with Crippen molar-refractivity contribution in [3.8, 4) is 5.88 Å². The van der Waals surface area contributed by atoms with Crippen molar-refractivity contribution in [1.82, 2.24) is 10.3 Å². The molecule has 4 nitrogen and oxygen atoms in total. The molecule has 1 aromatic rings. The Hall–Kier alpha value is -1.13. The zero-order chi connectivity index (χ0) is 13.7. The number of pyridine rings is 1. The molecule has 0 radical (unpaired) electrons. The zero-order valence-corrected chi connectivity index (χ0v) is 12.1. The van der Waals surface area contributed by atoms with E-state index in [0.717, 1.165) is 37.4 Å². The van der Waals surface area contributed by atoms with E-state index in [4.69, 9.17) is 9.47 Å². The normalized spacial score (nSPS) is 22.3. The summed E-state index contributed by atoms with van der Waals surface area (Å²) in [5.41, 5.74) is 1.12. The summed E-state index contributed by atoms with van der Waals surface area (Å²) in [4.78, 5) is 4.30. The summed E-state index contributed by atoms with van der Waals surface area (Å²) >= 11 is 0.